The van der Waals surface area contributed by atoms with E-state index in [0.29, 0.717) is 44.3 Å². The smallest absolute Gasteiger partial charge is 0.261 e. The topological polar surface area (TPSA) is 95.3 Å². The lowest BCUT2D eigenvalue weighted by molar-refractivity contribution is -0.164. The third kappa shape index (κ3) is 2.75. The molecule has 9 nitrogen and oxygen atoms in total. The minimum absolute atomic E-state index is 0.113. The lowest BCUT2D eigenvalue weighted by Crippen LogP contribution is -2.73. The van der Waals surface area contributed by atoms with Crippen molar-refractivity contribution < 1.29 is 23.8 Å². The summed E-state index contributed by atoms with van der Waals surface area (Å²) >= 11 is 0. The van der Waals surface area contributed by atoms with E-state index >= 15 is 0 Å². The number of nitrogens with zero attached hydrogens (tertiary/aromatic N) is 4. The molecule has 5 saturated heterocycles. The van der Waals surface area contributed by atoms with Gasteiger partial charge in [0.2, 0.25) is 6.79 Å². The number of morpholine rings is 1. The van der Waals surface area contributed by atoms with Crippen molar-refractivity contribution in [3.05, 3.63) is 23.8 Å². The molecule has 33 heavy (non-hydrogen) atoms. The van der Waals surface area contributed by atoms with Crippen LogP contribution in [0.15, 0.2) is 18.2 Å². The highest BCUT2D eigenvalue weighted by atomic mass is 33.1. The van der Waals surface area contributed by atoms with Crippen LogP contribution in [-0.2, 0) is 14.3 Å². The van der Waals surface area contributed by atoms with Gasteiger partial charge in [-0.3, -0.25) is 14.5 Å². The van der Waals surface area contributed by atoms with Gasteiger partial charge in [0.05, 0.1) is 30.7 Å². The number of benzene rings is 1. The molecule has 5 fully saturated rings. The van der Waals surface area contributed by atoms with Crippen LogP contribution in [0.25, 0.3) is 0 Å². The van der Waals surface area contributed by atoms with Gasteiger partial charge in [-0.2, -0.15) is 5.26 Å². The van der Waals surface area contributed by atoms with Crippen LogP contribution in [0.3, 0.4) is 0 Å². The Morgan fingerprint density at radius 1 is 1.15 bits per heavy atom. The van der Waals surface area contributed by atoms with Gasteiger partial charge in [-0.15, -0.1) is 0 Å². The van der Waals surface area contributed by atoms with E-state index in [4.69, 9.17) is 14.2 Å². The number of ether oxygens (including phenoxy) is 3. The molecule has 2 bridgehead atoms. The zero-order chi connectivity index (χ0) is 23.0. The third-order valence-corrected chi connectivity index (χ3v) is 11.2. The van der Waals surface area contributed by atoms with Crippen molar-refractivity contribution in [2.24, 2.45) is 5.41 Å². The van der Waals surface area contributed by atoms with Crippen molar-refractivity contribution in [2.45, 2.75) is 29.1 Å². The Labute approximate surface area is 199 Å². The number of nitriles is 1. The predicted molar refractivity (Wildman–Crippen MR) is 121 cm³/mol. The van der Waals surface area contributed by atoms with E-state index in [0.717, 1.165) is 5.56 Å². The molecule has 0 N–H and O–H groups in total. The summed E-state index contributed by atoms with van der Waals surface area (Å²) in [6.07, 6.45) is 0.273. The van der Waals surface area contributed by atoms with Crippen LogP contribution < -0.4 is 9.47 Å². The molecule has 6 heterocycles. The van der Waals surface area contributed by atoms with Crippen LogP contribution in [0.4, 0.5) is 0 Å². The van der Waals surface area contributed by atoms with Crippen LogP contribution in [0.1, 0.15) is 24.9 Å². The van der Waals surface area contributed by atoms with Gasteiger partial charge >= 0.3 is 0 Å². The number of carbonyl (C=O) groups is 2. The minimum Gasteiger partial charge on any atom is -0.454 e. The number of fused-ring (bicyclic) bond motifs is 3. The van der Waals surface area contributed by atoms with Crippen molar-refractivity contribution in [1.82, 2.24) is 14.7 Å². The number of rotatable bonds is 3. The molecule has 1 aromatic rings. The summed E-state index contributed by atoms with van der Waals surface area (Å²) in [5.74, 6) is 0.993. The Morgan fingerprint density at radius 3 is 2.67 bits per heavy atom. The number of likely N-dealkylation sites (N-methyl/N-ethyl adjacent to an activating group) is 1. The molecule has 6 aliphatic heterocycles. The number of piperazine rings is 1. The van der Waals surface area contributed by atoms with E-state index in [-0.39, 0.29) is 25.0 Å². The van der Waals surface area contributed by atoms with Crippen LogP contribution in [0.2, 0.25) is 0 Å². The molecule has 0 radical (unpaired) electrons. The monoisotopic (exact) mass is 488 g/mol. The maximum Gasteiger partial charge on any atom is 0.261 e. The average molecular weight is 489 g/mol. The maximum absolute atomic E-state index is 14.0. The summed E-state index contributed by atoms with van der Waals surface area (Å²) in [5, 5.41) is 10.7. The second kappa shape index (κ2) is 7.18. The summed E-state index contributed by atoms with van der Waals surface area (Å²) in [6.45, 7) is 5.02. The Hall–Kier alpha value is -2.13. The molecule has 174 valence electrons. The van der Waals surface area contributed by atoms with E-state index in [1.54, 1.807) is 23.8 Å². The maximum atomic E-state index is 14.0. The lowest BCUT2D eigenvalue weighted by atomic mass is 9.76. The molecule has 7 rings (SSSR count). The highest BCUT2D eigenvalue weighted by molar-refractivity contribution is 8.78. The van der Waals surface area contributed by atoms with Gasteiger partial charge in [-0.1, -0.05) is 27.7 Å². The lowest BCUT2D eigenvalue weighted by Gasteiger charge is -2.57. The fourth-order valence-electron chi connectivity index (χ4n) is 5.68. The quantitative estimate of drug-likeness (QED) is 0.590. The summed E-state index contributed by atoms with van der Waals surface area (Å²) in [6, 6.07) is 7.60. The van der Waals surface area contributed by atoms with Crippen LogP contribution in [0.5, 0.6) is 11.5 Å². The van der Waals surface area contributed by atoms with Gasteiger partial charge in [0.1, 0.15) is 0 Å². The van der Waals surface area contributed by atoms with Gasteiger partial charge < -0.3 is 24.0 Å². The highest BCUT2D eigenvalue weighted by Gasteiger charge is 2.75. The zero-order valence-corrected chi connectivity index (χ0v) is 20.0. The van der Waals surface area contributed by atoms with E-state index in [1.807, 2.05) is 18.2 Å². The first-order chi connectivity index (χ1) is 15.8. The number of hydrogen-bond acceptors (Lipinski definition) is 9. The molecular weight excluding hydrogens is 464 g/mol. The second-order valence-electron chi connectivity index (χ2n) is 9.32. The fraction of sp³-hybridized carbons (Fsp3) is 0.591. The van der Waals surface area contributed by atoms with E-state index in [1.165, 1.54) is 21.6 Å². The average Bonchev–Trinajstić information content (AvgIpc) is 3.41. The molecule has 1 spiro atoms. The van der Waals surface area contributed by atoms with Gasteiger partial charge in [0, 0.05) is 33.1 Å². The van der Waals surface area contributed by atoms with E-state index in [2.05, 4.69) is 11.0 Å². The molecule has 0 aromatic heterocycles. The van der Waals surface area contributed by atoms with Crippen molar-refractivity contribution in [1.29, 1.82) is 5.26 Å². The van der Waals surface area contributed by atoms with Gasteiger partial charge in [-0.05, 0) is 24.6 Å². The fourth-order valence-corrected chi connectivity index (χ4v) is 9.22. The predicted octanol–water partition coefficient (Wildman–Crippen LogP) is 1.81. The van der Waals surface area contributed by atoms with Crippen LogP contribution >= 0.6 is 21.6 Å². The second-order valence-corrected chi connectivity index (χ2v) is 12.1. The summed E-state index contributed by atoms with van der Waals surface area (Å²) in [7, 11) is 4.54. The molecule has 0 aliphatic carbocycles. The van der Waals surface area contributed by atoms with Gasteiger partial charge in [0.25, 0.3) is 11.8 Å². The Kier molecular flexibility index (Phi) is 4.66. The van der Waals surface area contributed by atoms with Gasteiger partial charge in [0.15, 0.2) is 21.2 Å². The molecule has 2 amide bonds. The molecular formula is C22H24N4O5S2. The van der Waals surface area contributed by atoms with Crippen molar-refractivity contribution in [2.75, 3.05) is 46.7 Å². The van der Waals surface area contributed by atoms with Crippen molar-refractivity contribution in [3.63, 3.8) is 0 Å². The molecule has 0 unspecified atom stereocenters. The molecule has 4 atom stereocenters. The Morgan fingerprint density at radius 2 is 1.91 bits per heavy atom. The van der Waals surface area contributed by atoms with Gasteiger partial charge in [-0.25, -0.2) is 0 Å². The Bertz CT molecular complexity index is 1090. The van der Waals surface area contributed by atoms with Crippen molar-refractivity contribution >= 4 is 33.4 Å². The highest BCUT2D eigenvalue weighted by Crippen LogP contribution is 2.69. The summed E-state index contributed by atoms with van der Waals surface area (Å²) in [5.41, 5.74) is -0.183. The van der Waals surface area contributed by atoms with Crippen LogP contribution in [-0.4, -0.2) is 82.9 Å². The summed E-state index contributed by atoms with van der Waals surface area (Å²) < 4.78 is 16.6. The number of amides is 2. The first kappa shape index (κ1) is 21.4. The number of hydrogen-bond donors (Lipinski definition) is 0. The molecule has 6 aliphatic rings. The standard InChI is InChI=1S/C22H24N4O5S2/c1-20-18(27)26-17(14-3-4-15-16(9-14)31-13-30-15)21(11-23,12-25-5-7-29-8-6-25)10-22(26,33-32-20)19(28)24(20)2/h3-4,9,17H,5-8,10,12-13H2,1-2H3/t17-,20-,21+,22-/m0/s1. The van der Waals surface area contributed by atoms with E-state index < -0.39 is 21.2 Å². The van der Waals surface area contributed by atoms with Crippen molar-refractivity contribution in [3.8, 4) is 17.6 Å². The first-order valence-corrected chi connectivity index (χ1v) is 13.1. The largest absolute Gasteiger partial charge is 0.454 e. The minimum atomic E-state index is -1.11. The SMILES string of the molecule is CN1C(=O)[C@@]23C[C@@](C#N)(CN4CCOCC4)[C@H](c4ccc5c(c4)OCO5)N2C(=O)[C@]1(C)SS3. The Balaban J connectivity index is 1.52. The molecule has 11 heteroatoms. The zero-order valence-electron chi connectivity index (χ0n) is 18.4. The van der Waals surface area contributed by atoms with E-state index in [9.17, 15) is 14.9 Å². The van der Waals surface area contributed by atoms with Crippen LogP contribution in [0, 0.1) is 16.7 Å². The number of carbonyl (C=O) groups excluding carboxylic acids is 2. The molecule has 1 aromatic carbocycles. The molecule has 0 saturated carbocycles. The third-order valence-electron chi connectivity index (χ3n) is 7.51. The summed E-state index contributed by atoms with van der Waals surface area (Å²) in [4.78, 5) is 31.0. The normalized spacial score (nSPS) is 37.4. The first-order valence-electron chi connectivity index (χ1n) is 10.9.